The first-order chi connectivity index (χ1) is 13.2. The quantitative estimate of drug-likeness (QED) is 0.462. The fourth-order valence-electron chi connectivity index (χ4n) is 4.52. The Balaban J connectivity index is 1.32. The molecule has 0 spiro atoms. The normalized spacial score (nSPS) is 29.0. The van der Waals surface area contributed by atoms with Crippen LogP contribution in [0.4, 0.5) is 8.78 Å². The lowest BCUT2D eigenvalue weighted by Crippen LogP contribution is -2.28. The highest BCUT2D eigenvalue weighted by atomic mass is 19.2. The first kappa shape index (κ1) is 20.7. The van der Waals surface area contributed by atoms with E-state index < -0.39 is 17.9 Å². The molecule has 0 unspecified atom stereocenters. The largest absolute Gasteiger partial charge is 0.348 e. The third kappa shape index (κ3) is 6.25. The van der Waals surface area contributed by atoms with Gasteiger partial charge in [0.05, 0.1) is 13.2 Å². The Morgan fingerprint density at radius 3 is 2.07 bits per heavy atom. The summed E-state index contributed by atoms with van der Waals surface area (Å²) in [7, 11) is 0. The number of rotatable bonds is 8. The van der Waals surface area contributed by atoms with Gasteiger partial charge in [-0.25, -0.2) is 8.78 Å². The zero-order valence-corrected chi connectivity index (χ0v) is 16.6. The summed E-state index contributed by atoms with van der Waals surface area (Å²) >= 11 is 0. The van der Waals surface area contributed by atoms with E-state index in [4.69, 9.17) is 9.47 Å². The number of hydrogen-bond acceptors (Lipinski definition) is 2. The average Bonchev–Trinajstić information content (AvgIpc) is 2.70. The van der Waals surface area contributed by atoms with Gasteiger partial charge in [0.1, 0.15) is 0 Å². The van der Waals surface area contributed by atoms with Crippen molar-refractivity contribution in [1.82, 2.24) is 0 Å². The maximum atomic E-state index is 13.4. The van der Waals surface area contributed by atoms with Crippen molar-refractivity contribution in [3.8, 4) is 0 Å². The second kappa shape index (κ2) is 10.5. The van der Waals surface area contributed by atoms with Crippen LogP contribution >= 0.6 is 0 Å². The second-order valence-corrected chi connectivity index (χ2v) is 8.50. The minimum atomic E-state index is -0.855. The van der Waals surface area contributed by atoms with E-state index in [1.807, 2.05) is 0 Å². The van der Waals surface area contributed by atoms with Gasteiger partial charge in [0, 0.05) is 11.5 Å². The summed E-state index contributed by atoms with van der Waals surface area (Å²) in [6.45, 7) is 3.54. The molecule has 0 bridgehead atoms. The summed E-state index contributed by atoms with van der Waals surface area (Å²) in [5, 5.41) is 0. The maximum absolute atomic E-state index is 13.4. The number of hydrogen-bond donors (Lipinski definition) is 0. The monoisotopic (exact) mass is 380 g/mol. The minimum absolute atomic E-state index is 0.411. The van der Waals surface area contributed by atoms with E-state index in [0.29, 0.717) is 24.7 Å². The Hall–Kier alpha value is -1.00. The van der Waals surface area contributed by atoms with E-state index in [9.17, 15) is 8.78 Å². The first-order valence-corrected chi connectivity index (χ1v) is 10.8. The molecule has 27 heavy (non-hydrogen) atoms. The van der Waals surface area contributed by atoms with Gasteiger partial charge in [-0.05, 0) is 30.4 Å². The number of ether oxygens (including phenoxy) is 2. The Bertz CT molecular complexity index is 561. The van der Waals surface area contributed by atoms with Gasteiger partial charge in [0.15, 0.2) is 17.9 Å². The number of benzene rings is 1. The van der Waals surface area contributed by atoms with Crippen LogP contribution in [0.25, 0.3) is 0 Å². The van der Waals surface area contributed by atoms with Crippen molar-refractivity contribution >= 4 is 0 Å². The van der Waals surface area contributed by atoms with Crippen LogP contribution in [0, 0.1) is 29.4 Å². The molecule has 0 N–H and O–H groups in total. The molecule has 0 amide bonds. The van der Waals surface area contributed by atoms with E-state index in [1.54, 1.807) is 0 Å². The fourth-order valence-corrected chi connectivity index (χ4v) is 4.52. The molecule has 1 saturated carbocycles. The molecule has 1 aromatic carbocycles. The highest BCUT2D eigenvalue weighted by molar-refractivity contribution is 5.19. The van der Waals surface area contributed by atoms with Crippen LogP contribution in [0.2, 0.25) is 0 Å². The van der Waals surface area contributed by atoms with E-state index >= 15 is 0 Å². The first-order valence-electron chi connectivity index (χ1n) is 10.8. The van der Waals surface area contributed by atoms with Crippen LogP contribution < -0.4 is 0 Å². The van der Waals surface area contributed by atoms with E-state index in [0.717, 1.165) is 24.3 Å². The van der Waals surface area contributed by atoms with Crippen molar-refractivity contribution in [2.45, 2.75) is 77.4 Å². The summed E-state index contributed by atoms with van der Waals surface area (Å²) in [5.74, 6) is 0.538. The topological polar surface area (TPSA) is 18.5 Å². The van der Waals surface area contributed by atoms with Gasteiger partial charge in [-0.3, -0.25) is 0 Å². The predicted octanol–water partition coefficient (Wildman–Crippen LogP) is 6.79. The van der Waals surface area contributed by atoms with E-state index in [-0.39, 0.29) is 0 Å². The summed E-state index contributed by atoms with van der Waals surface area (Å²) in [5.41, 5.74) is 0.550. The minimum Gasteiger partial charge on any atom is -0.348 e. The van der Waals surface area contributed by atoms with Gasteiger partial charge >= 0.3 is 0 Å². The summed E-state index contributed by atoms with van der Waals surface area (Å²) in [6.07, 6.45) is 12.9. The summed E-state index contributed by atoms with van der Waals surface area (Å²) in [6, 6.07) is 3.82. The van der Waals surface area contributed by atoms with Crippen LogP contribution in [0.5, 0.6) is 0 Å². The molecule has 4 heteroatoms. The van der Waals surface area contributed by atoms with Crippen molar-refractivity contribution in [2.75, 3.05) is 13.2 Å². The molecule has 1 heterocycles. The Morgan fingerprint density at radius 2 is 1.44 bits per heavy atom. The number of unbranched alkanes of at least 4 members (excludes halogenated alkanes) is 2. The fraction of sp³-hybridized carbons (Fsp3) is 0.739. The Labute approximate surface area is 162 Å². The molecule has 1 aromatic rings. The third-order valence-electron chi connectivity index (χ3n) is 6.35. The number of halogens is 2. The van der Waals surface area contributed by atoms with Crippen molar-refractivity contribution < 1.29 is 18.3 Å². The predicted molar refractivity (Wildman–Crippen MR) is 103 cm³/mol. The molecule has 0 atom stereocenters. The molecule has 3 rings (SSSR count). The van der Waals surface area contributed by atoms with Crippen LogP contribution in [0.15, 0.2) is 18.2 Å². The highest BCUT2D eigenvalue weighted by Gasteiger charge is 2.26. The van der Waals surface area contributed by atoms with E-state index in [2.05, 4.69) is 6.92 Å². The zero-order valence-electron chi connectivity index (χ0n) is 16.6. The molecule has 1 saturated heterocycles. The van der Waals surface area contributed by atoms with Crippen LogP contribution in [-0.4, -0.2) is 13.2 Å². The van der Waals surface area contributed by atoms with Gasteiger partial charge in [0.2, 0.25) is 0 Å². The standard InChI is InChI=1S/C23H34F2O2/c1-2-3-4-5-17-6-8-18(9-7-17)10-11-19-15-26-23(27-16-19)20-12-13-21(24)22(25)14-20/h12-14,17-19,23H,2-11,15-16H2,1H3. The van der Waals surface area contributed by atoms with Crippen LogP contribution in [0.3, 0.4) is 0 Å². The molecule has 2 aliphatic rings. The van der Waals surface area contributed by atoms with Gasteiger partial charge in [-0.2, -0.15) is 0 Å². The van der Waals surface area contributed by atoms with Crippen molar-refractivity contribution in [2.24, 2.45) is 17.8 Å². The average molecular weight is 381 g/mol. The molecule has 1 aliphatic heterocycles. The molecule has 1 aliphatic carbocycles. The third-order valence-corrected chi connectivity index (χ3v) is 6.35. The molecular weight excluding hydrogens is 346 g/mol. The van der Waals surface area contributed by atoms with Gasteiger partial charge < -0.3 is 9.47 Å². The van der Waals surface area contributed by atoms with Crippen molar-refractivity contribution in [3.63, 3.8) is 0 Å². The second-order valence-electron chi connectivity index (χ2n) is 8.50. The van der Waals surface area contributed by atoms with Crippen LogP contribution in [0.1, 0.15) is 83.0 Å². The van der Waals surface area contributed by atoms with Gasteiger partial charge in [0.25, 0.3) is 0 Å². The van der Waals surface area contributed by atoms with Gasteiger partial charge in [-0.15, -0.1) is 0 Å². The van der Waals surface area contributed by atoms with Crippen molar-refractivity contribution in [3.05, 3.63) is 35.4 Å². The summed E-state index contributed by atoms with van der Waals surface area (Å²) in [4.78, 5) is 0. The molecule has 2 fully saturated rings. The molecule has 0 radical (unpaired) electrons. The van der Waals surface area contributed by atoms with Crippen LogP contribution in [-0.2, 0) is 9.47 Å². The molecule has 2 nitrogen and oxygen atoms in total. The van der Waals surface area contributed by atoms with E-state index in [1.165, 1.54) is 69.9 Å². The zero-order chi connectivity index (χ0) is 19.1. The molecule has 0 aromatic heterocycles. The highest BCUT2D eigenvalue weighted by Crippen LogP contribution is 2.36. The lowest BCUT2D eigenvalue weighted by Gasteiger charge is -2.32. The SMILES string of the molecule is CCCCCC1CCC(CCC2COC(c3ccc(F)c(F)c3)OC2)CC1. The maximum Gasteiger partial charge on any atom is 0.183 e. The van der Waals surface area contributed by atoms with Gasteiger partial charge in [-0.1, -0.05) is 70.8 Å². The lowest BCUT2D eigenvalue weighted by molar-refractivity contribution is -0.206. The molecule has 152 valence electrons. The summed E-state index contributed by atoms with van der Waals surface area (Å²) < 4.78 is 38.0. The Morgan fingerprint density at radius 1 is 0.815 bits per heavy atom. The van der Waals surface area contributed by atoms with Crippen molar-refractivity contribution in [1.29, 1.82) is 0 Å². The molecular formula is C23H34F2O2. The smallest absolute Gasteiger partial charge is 0.183 e. The lowest BCUT2D eigenvalue weighted by atomic mass is 9.77. The Kier molecular flexibility index (Phi) is 8.07.